The molecular formula is C15H12Cl2O3. The highest BCUT2D eigenvalue weighted by Gasteiger charge is 2.42. The van der Waals surface area contributed by atoms with Gasteiger partial charge >= 0.3 is 5.97 Å². The zero-order chi connectivity index (χ0) is 14.8. The first-order chi connectivity index (χ1) is 9.52. The van der Waals surface area contributed by atoms with E-state index in [0.717, 1.165) is 0 Å². The molecule has 104 valence electrons. The monoisotopic (exact) mass is 310 g/mol. The lowest BCUT2D eigenvalue weighted by atomic mass is 9.75. The quantitative estimate of drug-likeness (QED) is 0.910. The topological polar surface area (TPSA) is 57.5 Å². The molecule has 0 aliphatic rings. The van der Waals surface area contributed by atoms with Crippen molar-refractivity contribution in [3.63, 3.8) is 0 Å². The van der Waals surface area contributed by atoms with Crippen molar-refractivity contribution in [3.8, 4) is 0 Å². The van der Waals surface area contributed by atoms with E-state index in [1.54, 1.807) is 36.4 Å². The third-order valence-corrected chi connectivity index (χ3v) is 4.02. The Hall–Kier alpha value is -1.55. The molecule has 1 unspecified atom stereocenters. The predicted octanol–water partition coefficient (Wildman–Crippen LogP) is 3.36. The van der Waals surface area contributed by atoms with Gasteiger partial charge in [0.05, 0.1) is 16.7 Å². The second kappa shape index (κ2) is 5.83. The summed E-state index contributed by atoms with van der Waals surface area (Å²) in [6, 6.07) is 13.1. The second-order valence-electron chi connectivity index (χ2n) is 4.36. The maximum absolute atomic E-state index is 11.8. The number of benzene rings is 2. The smallest absolute Gasteiger partial charge is 0.321 e. The number of aliphatic hydroxyl groups excluding tert-OH is 1. The minimum absolute atomic E-state index is 0.249. The van der Waals surface area contributed by atoms with Gasteiger partial charge in [0.1, 0.15) is 5.41 Å². The Bertz CT molecular complexity index is 628. The number of carboxylic acid groups (broad SMARTS) is 1. The van der Waals surface area contributed by atoms with Crippen molar-refractivity contribution in [2.45, 2.75) is 5.41 Å². The lowest BCUT2D eigenvalue weighted by Crippen LogP contribution is -2.40. The molecule has 0 bridgehead atoms. The van der Waals surface area contributed by atoms with Crippen LogP contribution in [0.5, 0.6) is 0 Å². The Labute approximate surface area is 126 Å². The molecule has 0 fully saturated rings. The fourth-order valence-electron chi connectivity index (χ4n) is 2.15. The van der Waals surface area contributed by atoms with Gasteiger partial charge in [-0.3, -0.25) is 4.79 Å². The largest absolute Gasteiger partial charge is 0.480 e. The third-order valence-electron chi connectivity index (χ3n) is 3.28. The number of aliphatic hydroxyl groups is 1. The summed E-state index contributed by atoms with van der Waals surface area (Å²) in [6.45, 7) is -0.579. The fourth-order valence-corrected chi connectivity index (χ4v) is 2.45. The zero-order valence-corrected chi connectivity index (χ0v) is 11.9. The highest BCUT2D eigenvalue weighted by Crippen LogP contribution is 2.35. The molecule has 20 heavy (non-hydrogen) atoms. The Morgan fingerprint density at radius 3 is 2.15 bits per heavy atom. The van der Waals surface area contributed by atoms with Gasteiger partial charge in [-0.2, -0.15) is 0 Å². The maximum Gasteiger partial charge on any atom is 0.321 e. The van der Waals surface area contributed by atoms with Crippen LogP contribution in [0.25, 0.3) is 0 Å². The van der Waals surface area contributed by atoms with E-state index in [1.807, 2.05) is 0 Å². The standard InChI is InChI=1S/C15H12Cl2O3/c16-12-7-6-11(8-13(12)17)15(9-18,14(19)20)10-4-2-1-3-5-10/h1-8,18H,9H2,(H,19,20). The van der Waals surface area contributed by atoms with Gasteiger partial charge in [-0.15, -0.1) is 0 Å². The molecule has 0 aliphatic carbocycles. The summed E-state index contributed by atoms with van der Waals surface area (Å²) >= 11 is 11.8. The molecule has 2 rings (SSSR count). The lowest BCUT2D eigenvalue weighted by molar-refractivity contribution is -0.143. The van der Waals surface area contributed by atoms with E-state index in [9.17, 15) is 15.0 Å². The average molecular weight is 311 g/mol. The van der Waals surface area contributed by atoms with Crippen LogP contribution in [0.4, 0.5) is 0 Å². The third kappa shape index (κ3) is 2.40. The summed E-state index contributed by atoms with van der Waals surface area (Å²) in [5.41, 5.74) is -0.698. The van der Waals surface area contributed by atoms with Crippen LogP contribution >= 0.6 is 23.2 Å². The second-order valence-corrected chi connectivity index (χ2v) is 5.18. The number of carbonyl (C=O) groups is 1. The molecule has 0 saturated carbocycles. The van der Waals surface area contributed by atoms with Crippen molar-refractivity contribution >= 4 is 29.2 Å². The Morgan fingerprint density at radius 2 is 1.65 bits per heavy atom. The van der Waals surface area contributed by atoms with Crippen LogP contribution in [0.3, 0.4) is 0 Å². The molecule has 0 radical (unpaired) electrons. The number of aliphatic carboxylic acids is 1. The molecule has 0 saturated heterocycles. The normalized spacial score (nSPS) is 13.8. The summed E-state index contributed by atoms with van der Waals surface area (Å²) < 4.78 is 0. The Kier molecular flexibility index (Phi) is 4.33. The van der Waals surface area contributed by atoms with Crippen molar-refractivity contribution in [1.29, 1.82) is 0 Å². The van der Waals surface area contributed by atoms with E-state index in [0.29, 0.717) is 16.1 Å². The van der Waals surface area contributed by atoms with Gasteiger partial charge in [-0.1, -0.05) is 59.6 Å². The van der Waals surface area contributed by atoms with Crippen LogP contribution in [0.2, 0.25) is 10.0 Å². The molecule has 2 aromatic rings. The number of rotatable bonds is 4. The summed E-state index contributed by atoms with van der Waals surface area (Å²) in [5, 5.41) is 20.0. The molecule has 0 amide bonds. The van der Waals surface area contributed by atoms with Crippen LogP contribution in [-0.2, 0) is 10.2 Å². The van der Waals surface area contributed by atoms with E-state index in [1.165, 1.54) is 12.1 Å². The minimum Gasteiger partial charge on any atom is -0.480 e. The van der Waals surface area contributed by atoms with Gasteiger partial charge in [0.25, 0.3) is 0 Å². The zero-order valence-electron chi connectivity index (χ0n) is 10.4. The maximum atomic E-state index is 11.8. The fraction of sp³-hybridized carbons (Fsp3) is 0.133. The predicted molar refractivity (Wildman–Crippen MR) is 78.4 cm³/mol. The van der Waals surface area contributed by atoms with Crippen molar-refractivity contribution in [3.05, 3.63) is 69.7 Å². The first kappa shape index (κ1) is 14.9. The van der Waals surface area contributed by atoms with Gasteiger partial charge in [-0.05, 0) is 23.3 Å². The molecule has 1 atom stereocenters. The van der Waals surface area contributed by atoms with E-state index < -0.39 is 18.0 Å². The first-order valence-corrected chi connectivity index (χ1v) is 6.63. The summed E-state index contributed by atoms with van der Waals surface area (Å²) in [5.74, 6) is -1.15. The van der Waals surface area contributed by atoms with Crippen LogP contribution in [0.15, 0.2) is 48.5 Å². The van der Waals surface area contributed by atoms with Crippen molar-refractivity contribution in [2.75, 3.05) is 6.61 Å². The van der Waals surface area contributed by atoms with Gasteiger partial charge in [0, 0.05) is 0 Å². The molecule has 0 spiro atoms. The van der Waals surface area contributed by atoms with E-state index in [4.69, 9.17) is 23.2 Å². The first-order valence-electron chi connectivity index (χ1n) is 5.87. The number of hydrogen-bond acceptors (Lipinski definition) is 2. The molecular weight excluding hydrogens is 299 g/mol. The molecule has 2 aromatic carbocycles. The number of carboxylic acids is 1. The Balaban J connectivity index is 2.69. The minimum atomic E-state index is -1.56. The van der Waals surface area contributed by atoms with E-state index >= 15 is 0 Å². The van der Waals surface area contributed by atoms with Crippen LogP contribution in [0, 0.1) is 0 Å². The Morgan fingerprint density at radius 1 is 1.00 bits per heavy atom. The van der Waals surface area contributed by atoms with Crippen LogP contribution < -0.4 is 0 Å². The highest BCUT2D eigenvalue weighted by atomic mass is 35.5. The SMILES string of the molecule is O=C(O)C(CO)(c1ccccc1)c1ccc(Cl)c(Cl)c1. The summed E-state index contributed by atoms with van der Waals surface area (Å²) in [4.78, 5) is 11.8. The van der Waals surface area contributed by atoms with Gasteiger partial charge < -0.3 is 10.2 Å². The highest BCUT2D eigenvalue weighted by molar-refractivity contribution is 6.42. The van der Waals surface area contributed by atoms with E-state index in [2.05, 4.69) is 0 Å². The van der Waals surface area contributed by atoms with Crippen LogP contribution in [-0.4, -0.2) is 22.8 Å². The molecule has 0 aromatic heterocycles. The lowest BCUT2D eigenvalue weighted by Gasteiger charge is -2.28. The van der Waals surface area contributed by atoms with Crippen molar-refractivity contribution in [2.24, 2.45) is 0 Å². The van der Waals surface area contributed by atoms with E-state index in [-0.39, 0.29) is 5.02 Å². The summed E-state index contributed by atoms with van der Waals surface area (Å²) in [7, 11) is 0. The van der Waals surface area contributed by atoms with Crippen LogP contribution in [0.1, 0.15) is 11.1 Å². The molecule has 0 aliphatic heterocycles. The van der Waals surface area contributed by atoms with Gasteiger partial charge in [0.15, 0.2) is 0 Å². The molecule has 2 N–H and O–H groups in total. The number of hydrogen-bond donors (Lipinski definition) is 2. The molecule has 0 heterocycles. The molecule has 5 heteroatoms. The summed E-state index contributed by atoms with van der Waals surface area (Å²) in [6.07, 6.45) is 0. The molecule has 3 nitrogen and oxygen atoms in total. The van der Waals surface area contributed by atoms with Gasteiger partial charge in [0.2, 0.25) is 0 Å². The van der Waals surface area contributed by atoms with Crippen molar-refractivity contribution < 1.29 is 15.0 Å². The van der Waals surface area contributed by atoms with Gasteiger partial charge in [-0.25, -0.2) is 0 Å². The van der Waals surface area contributed by atoms with Crippen molar-refractivity contribution in [1.82, 2.24) is 0 Å². The average Bonchev–Trinajstić information content (AvgIpc) is 2.45. The number of halogens is 2.